The van der Waals surface area contributed by atoms with E-state index in [9.17, 15) is 14.4 Å². The molecule has 0 aliphatic heterocycles. The molecule has 10 nitrogen and oxygen atoms in total. The molecule has 4 rings (SSSR count). The molecule has 10 heteroatoms. The van der Waals surface area contributed by atoms with E-state index in [0.717, 1.165) is 11.3 Å². The number of rotatable bonds is 6. The summed E-state index contributed by atoms with van der Waals surface area (Å²) in [6.07, 6.45) is 0. The zero-order chi connectivity index (χ0) is 25.5. The Bertz CT molecular complexity index is 1310. The highest BCUT2D eigenvalue weighted by Gasteiger charge is 2.19. The molecule has 0 saturated carbocycles. The van der Waals surface area contributed by atoms with Gasteiger partial charge in [0.25, 0.3) is 5.91 Å². The van der Waals surface area contributed by atoms with E-state index in [2.05, 4.69) is 31.6 Å². The topological polar surface area (TPSA) is 130 Å². The SMILES string of the molecule is CC(C)NC(=O)Nc1cccc(C(=O)NNC(=O)c2nc(-c3ccccc3)n(-c3ccccc3)n2)c1. The van der Waals surface area contributed by atoms with Crippen LogP contribution in [0.4, 0.5) is 10.5 Å². The van der Waals surface area contributed by atoms with Crippen molar-refractivity contribution in [2.45, 2.75) is 19.9 Å². The molecule has 0 atom stereocenters. The number of nitrogens with zero attached hydrogens (tertiary/aromatic N) is 3. The van der Waals surface area contributed by atoms with Crippen molar-refractivity contribution in [3.63, 3.8) is 0 Å². The van der Waals surface area contributed by atoms with E-state index in [1.54, 1.807) is 22.9 Å². The molecule has 182 valence electrons. The van der Waals surface area contributed by atoms with Crippen molar-refractivity contribution < 1.29 is 14.4 Å². The lowest BCUT2D eigenvalue weighted by atomic mass is 10.2. The van der Waals surface area contributed by atoms with Gasteiger partial charge < -0.3 is 10.6 Å². The second-order valence-electron chi connectivity index (χ2n) is 8.11. The van der Waals surface area contributed by atoms with Crippen LogP contribution in [-0.2, 0) is 0 Å². The van der Waals surface area contributed by atoms with Gasteiger partial charge in [0.2, 0.25) is 5.82 Å². The smallest absolute Gasteiger partial charge is 0.319 e. The Kier molecular flexibility index (Phi) is 7.35. The normalized spacial score (nSPS) is 10.5. The van der Waals surface area contributed by atoms with Gasteiger partial charge in [-0.3, -0.25) is 20.4 Å². The monoisotopic (exact) mass is 483 g/mol. The van der Waals surface area contributed by atoms with Crippen LogP contribution in [0.25, 0.3) is 17.1 Å². The Balaban J connectivity index is 1.48. The Labute approximate surface area is 207 Å². The van der Waals surface area contributed by atoms with Crippen LogP contribution in [0.5, 0.6) is 0 Å². The zero-order valence-electron chi connectivity index (χ0n) is 19.7. The van der Waals surface area contributed by atoms with Gasteiger partial charge in [-0.2, -0.15) is 0 Å². The molecule has 36 heavy (non-hydrogen) atoms. The average Bonchev–Trinajstić information content (AvgIpc) is 3.33. The lowest BCUT2D eigenvalue weighted by Crippen LogP contribution is -2.42. The van der Waals surface area contributed by atoms with Crippen molar-refractivity contribution >= 4 is 23.5 Å². The van der Waals surface area contributed by atoms with Crippen LogP contribution in [0.1, 0.15) is 34.8 Å². The molecule has 0 saturated heterocycles. The second kappa shape index (κ2) is 11.0. The summed E-state index contributed by atoms with van der Waals surface area (Å²) >= 11 is 0. The molecule has 4 N–H and O–H groups in total. The van der Waals surface area contributed by atoms with Gasteiger partial charge in [-0.15, -0.1) is 5.10 Å². The molecule has 0 spiro atoms. The van der Waals surface area contributed by atoms with Gasteiger partial charge in [-0.25, -0.2) is 14.5 Å². The van der Waals surface area contributed by atoms with Gasteiger partial charge in [-0.05, 0) is 44.2 Å². The largest absolute Gasteiger partial charge is 0.336 e. The molecule has 1 aromatic heterocycles. The number of amides is 4. The predicted octanol–water partition coefficient (Wildman–Crippen LogP) is 3.54. The molecule has 3 aromatic carbocycles. The number of carbonyl (C=O) groups is 3. The van der Waals surface area contributed by atoms with Crippen LogP contribution in [-0.4, -0.2) is 38.7 Å². The zero-order valence-corrected chi connectivity index (χ0v) is 19.7. The Morgan fingerprint density at radius 2 is 1.47 bits per heavy atom. The maximum absolute atomic E-state index is 12.8. The first kappa shape index (κ1) is 24.1. The van der Waals surface area contributed by atoms with Crippen LogP contribution in [0.2, 0.25) is 0 Å². The second-order valence-corrected chi connectivity index (χ2v) is 8.11. The molecule has 0 unspecified atom stereocenters. The highest BCUT2D eigenvalue weighted by Crippen LogP contribution is 2.21. The Morgan fingerprint density at radius 1 is 0.806 bits per heavy atom. The third-order valence-corrected chi connectivity index (χ3v) is 4.93. The number of urea groups is 1. The number of anilines is 1. The van der Waals surface area contributed by atoms with Crippen molar-refractivity contribution in [3.8, 4) is 17.1 Å². The summed E-state index contributed by atoms with van der Waals surface area (Å²) in [4.78, 5) is 41.7. The quantitative estimate of drug-likeness (QED) is 0.312. The Morgan fingerprint density at radius 3 is 2.17 bits per heavy atom. The van der Waals surface area contributed by atoms with Gasteiger partial charge in [-0.1, -0.05) is 54.6 Å². The maximum Gasteiger partial charge on any atom is 0.319 e. The van der Waals surface area contributed by atoms with Crippen molar-refractivity contribution in [1.29, 1.82) is 0 Å². The fourth-order valence-electron chi connectivity index (χ4n) is 3.34. The summed E-state index contributed by atoms with van der Waals surface area (Å²) in [6, 6.07) is 24.6. The summed E-state index contributed by atoms with van der Waals surface area (Å²) in [5.74, 6) is -0.877. The van der Waals surface area contributed by atoms with Crippen LogP contribution < -0.4 is 21.5 Å². The predicted molar refractivity (Wildman–Crippen MR) is 135 cm³/mol. The number of hydrazine groups is 1. The van der Waals surface area contributed by atoms with E-state index < -0.39 is 11.8 Å². The third kappa shape index (κ3) is 5.92. The van der Waals surface area contributed by atoms with Gasteiger partial charge in [0, 0.05) is 22.9 Å². The molecule has 0 aliphatic carbocycles. The molecular formula is C26H25N7O3. The van der Waals surface area contributed by atoms with Crippen LogP contribution in [0, 0.1) is 0 Å². The van der Waals surface area contributed by atoms with Crippen molar-refractivity contribution in [1.82, 2.24) is 30.9 Å². The molecule has 4 aromatic rings. The van der Waals surface area contributed by atoms with Crippen LogP contribution >= 0.6 is 0 Å². The standard InChI is InChI=1S/C26H25N7O3/c1-17(2)27-26(36)28-20-13-9-12-19(16-20)24(34)30-31-25(35)22-29-23(18-10-5-3-6-11-18)33(32-22)21-14-7-4-8-15-21/h3-17H,1-2H3,(H,30,34)(H,31,35)(H2,27,28,36). The first-order valence-electron chi connectivity index (χ1n) is 11.3. The molecule has 0 radical (unpaired) electrons. The van der Waals surface area contributed by atoms with E-state index in [0.29, 0.717) is 11.5 Å². The highest BCUT2D eigenvalue weighted by atomic mass is 16.2. The minimum absolute atomic E-state index is 0.0342. The first-order chi connectivity index (χ1) is 17.4. The van der Waals surface area contributed by atoms with Crippen molar-refractivity contribution in [3.05, 3.63) is 96.3 Å². The average molecular weight is 484 g/mol. The number of hydrogen-bond donors (Lipinski definition) is 4. The fraction of sp³-hybridized carbons (Fsp3) is 0.115. The van der Waals surface area contributed by atoms with E-state index in [1.165, 1.54) is 6.07 Å². The molecule has 0 bridgehead atoms. The first-order valence-corrected chi connectivity index (χ1v) is 11.3. The number of aromatic nitrogens is 3. The Hall–Kier alpha value is -4.99. The highest BCUT2D eigenvalue weighted by molar-refractivity contribution is 5.99. The number of carbonyl (C=O) groups excluding carboxylic acids is 3. The summed E-state index contributed by atoms with van der Waals surface area (Å²) in [6.45, 7) is 3.68. The van der Waals surface area contributed by atoms with Gasteiger partial charge >= 0.3 is 11.9 Å². The van der Waals surface area contributed by atoms with Gasteiger partial charge in [0.05, 0.1) is 5.69 Å². The number of para-hydroxylation sites is 1. The molecule has 4 amide bonds. The van der Waals surface area contributed by atoms with E-state index >= 15 is 0 Å². The molecular weight excluding hydrogens is 458 g/mol. The number of benzene rings is 3. The lowest BCUT2D eigenvalue weighted by molar-refractivity contribution is 0.0841. The summed E-state index contributed by atoms with van der Waals surface area (Å²) in [7, 11) is 0. The van der Waals surface area contributed by atoms with Crippen molar-refractivity contribution in [2.24, 2.45) is 0 Å². The van der Waals surface area contributed by atoms with Gasteiger partial charge in [0.1, 0.15) is 0 Å². The minimum Gasteiger partial charge on any atom is -0.336 e. The number of hydrogen-bond acceptors (Lipinski definition) is 5. The number of nitrogens with one attached hydrogen (secondary N) is 4. The lowest BCUT2D eigenvalue weighted by Gasteiger charge is -2.11. The van der Waals surface area contributed by atoms with Crippen LogP contribution in [0.15, 0.2) is 84.9 Å². The van der Waals surface area contributed by atoms with E-state index in [1.807, 2.05) is 74.5 Å². The van der Waals surface area contributed by atoms with Crippen molar-refractivity contribution in [2.75, 3.05) is 5.32 Å². The fourth-order valence-corrected chi connectivity index (χ4v) is 3.34. The van der Waals surface area contributed by atoms with Gasteiger partial charge in [0.15, 0.2) is 5.82 Å². The maximum atomic E-state index is 12.8. The summed E-state index contributed by atoms with van der Waals surface area (Å²) in [5.41, 5.74) is 6.90. The molecule has 0 fully saturated rings. The molecule has 0 aliphatic rings. The third-order valence-electron chi connectivity index (χ3n) is 4.93. The summed E-state index contributed by atoms with van der Waals surface area (Å²) < 4.78 is 1.57. The van der Waals surface area contributed by atoms with Crippen LogP contribution in [0.3, 0.4) is 0 Å². The minimum atomic E-state index is -0.680. The summed E-state index contributed by atoms with van der Waals surface area (Å²) in [5, 5.41) is 9.73. The molecule has 1 heterocycles. The van der Waals surface area contributed by atoms with E-state index in [-0.39, 0.29) is 23.5 Å². The van der Waals surface area contributed by atoms with E-state index in [4.69, 9.17) is 0 Å².